The van der Waals surface area contributed by atoms with Crippen LogP contribution in [-0.4, -0.2) is 23.2 Å². The van der Waals surface area contributed by atoms with Crippen molar-refractivity contribution >= 4 is 5.97 Å². The molecular weight excluding hydrogens is 182 g/mol. The first-order valence-electron chi connectivity index (χ1n) is 4.35. The number of ether oxygens (including phenoxy) is 1. The Hall–Kier alpha value is -1.58. The van der Waals surface area contributed by atoms with Crippen molar-refractivity contribution in [3.8, 4) is 5.88 Å². The minimum absolute atomic E-state index is 0.0987. The largest absolute Gasteiger partial charge is 0.481 e. The molecule has 4 nitrogen and oxygen atoms in total. The van der Waals surface area contributed by atoms with Crippen LogP contribution in [0.1, 0.15) is 17.5 Å². The lowest BCUT2D eigenvalue weighted by atomic mass is 10.1. The van der Waals surface area contributed by atoms with Crippen molar-refractivity contribution in [3.05, 3.63) is 23.4 Å². The van der Waals surface area contributed by atoms with E-state index in [1.54, 1.807) is 6.20 Å². The van der Waals surface area contributed by atoms with Crippen LogP contribution in [0.2, 0.25) is 0 Å². The van der Waals surface area contributed by atoms with Crippen LogP contribution >= 0.6 is 0 Å². The van der Waals surface area contributed by atoms with E-state index in [0.29, 0.717) is 12.3 Å². The molecule has 1 aromatic rings. The van der Waals surface area contributed by atoms with Gasteiger partial charge in [0.2, 0.25) is 5.88 Å². The van der Waals surface area contributed by atoms with Gasteiger partial charge in [-0.05, 0) is 25.0 Å². The molecule has 14 heavy (non-hydrogen) atoms. The molecule has 0 saturated heterocycles. The van der Waals surface area contributed by atoms with E-state index in [0.717, 1.165) is 11.1 Å². The van der Waals surface area contributed by atoms with Crippen molar-refractivity contribution < 1.29 is 14.6 Å². The maximum atomic E-state index is 10.4. The predicted octanol–water partition coefficient (Wildman–Crippen LogP) is 1.42. The minimum atomic E-state index is -0.812. The highest BCUT2D eigenvalue weighted by Crippen LogP contribution is 2.17. The van der Waals surface area contributed by atoms with Crippen molar-refractivity contribution in [1.82, 2.24) is 4.98 Å². The summed E-state index contributed by atoms with van der Waals surface area (Å²) < 4.78 is 5.03. The van der Waals surface area contributed by atoms with Gasteiger partial charge in [0.15, 0.2) is 0 Å². The smallest absolute Gasteiger partial charge is 0.303 e. The number of hydrogen-bond donors (Lipinski definition) is 1. The molecule has 0 atom stereocenters. The number of aryl methyl sites for hydroxylation is 2. The summed E-state index contributed by atoms with van der Waals surface area (Å²) in [6, 6.07) is 1.90. The number of aliphatic carboxylic acids is 1. The fraction of sp³-hybridized carbons (Fsp3) is 0.400. The number of carbonyl (C=O) groups is 1. The fourth-order valence-corrected chi connectivity index (χ4v) is 1.22. The molecule has 0 aliphatic rings. The average Bonchev–Trinajstić information content (AvgIpc) is 2.15. The predicted molar refractivity (Wildman–Crippen MR) is 51.5 cm³/mol. The van der Waals surface area contributed by atoms with E-state index in [4.69, 9.17) is 9.84 Å². The van der Waals surface area contributed by atoms with E-state index in [1.165, 1.54) is 7.11 Å². The van der Waals surface area contributed by atoms with Gasteiger partial charge in [0, 0.05) is 18.2 Å². The van der Waals surface area contributed by atoms with Gasteiger partial charge >= 0.3 is 5.97 Å². The standard InChI is InChI=1S/C10H13NO3/c1-7-5-8(3-4-9(12)13)10(14-2)11-6-7/h5-6H,3-4H2,1-2H3,(H,12,13). The molecule has 76 valence electrons. The van der Waals surface area contributed by atoms with Crippen LogP contribution in [-0.2, 0) is 11.2 Å². The summed E-state index contributed by atoms with van der Waals surface area (Å²) >= 11 is 0. The zero-order chi connectivity index (χ0) is 10.6. The lowest BCUT2D eigenvalue weighted by Gasteiger charge is -2.06. The van der Waals surface area contributed by atoms with Crippen molar-refractivity contribution in [3.63, 3.8) is 0 Å². The monoisotopic (exact) mass is 195 g/mol. The molecule has 0 amide bonds. The molecule has 1 N–H and O–H groups in total. The summed E-state index contributed by atoms with van der Waals surface area (Å²) in [4.78, 5) is 14.5. The van der Waals surface area contributed by atoms with Crippen LogP contribution in [0.15, 0.2) is 12.3 Å². The Morgan fingerprint density at radius 2 is 2.36 bits per heavy atom. The first kappa shape index (κ1) is 10.5. The summed E-state index contributed by atoms with van der Waals surface area (Å²) in [6.45, 7) is 1.91. The summed E-state index contributed by atoms with van der Waals surface area (Å²) in [5.74, 6) is -0.301. The normalized spacial score (nSPS) is 9.86. The number of carboxylic acids is 1. The van der Waals surface area contributed by atoms with Crippen molar-refractivity contribution in [2.45, 2.75) is 19.8 Å². The number of nitrogens with zero attached hydrogens (tertiary/aromatic N) is 1. The van der Waals surface area contributed by atoms with E-state index in [9.17, 15) is 4.79 Å². The zero-order valence-corrected chi connectivity index (χ0v) is 8.28. The molecule has 0 unspecified atom stereocenters. The van der Waals surface area contributed by atoms with E-state index in [2.05, 4.69) is 4.98 Å². The quantitative estimate of drug-likeness (QED) is 0.789. The Labute approximate surface area is 82.5 Å². The lowest BCUT2D eigenvalue weighted by Crippen LogP contribution is -2.01. The summed E-state index contributed by atoms with van der Waals surface area (Å²) in [5, 5.41) is 8.55. The average molecular weight is 195 g/mol. The van der Waals surface area contributed by atoms with E-state index in [-0.39, 0.29) is 6.42 Å². The minimum Gasteiger partial charge on any atom is -0.481 e. The fourth-order valence-electron chi connectivity index (χ4n) is 1.22. The first-order valence-corrected chi connectivity index (χ1v) is 4.35. The van der Waals surface area contributed by atoms with Gasteiger partial charge in [-0.3, -0.25) is 4.79 Å². The topological polar surface area (TPSA) is 59.4 Å². The molecule has 0 aliphatic carbocycles. The lowest BCUT2D eigenvalue weighted by molar-refractivity contribution is -0.136. The molecule has 4 heteroatoms. The van der Waals surface area contributed by atoms with Gasteiger partial charge in [-0.15, -0.1) is 0 Å². The highest BCUT2D eigenvalue weighted by Gasteiger charge is 2.06. The molecule has 0 spiro atoms. The van der Waals surface area contributed by atoms with Gasteiger partial charge in [0.05, 0.1) is 7.11 Å². The summed E-state index contributed by atoms with van der Waals surface area (Å²) in [7, 11) is 1.53. The first-order chi connectivity index (χ1) is 6.63. The van der Waals surface area contributed by atoms with Gasteiger partial charge in [-0.25, -0.2) is 4.98 Å². The maximum absolute atomic E-state index is 10.4. The Kier molecular flexibility index (Phi) is 3.45. The second-order valence-corrected chi connectivity index (χ2v) is 3.07. The molecule has 0 bridgehead atoms. The maximum Gasteiger partial charge on any atom is 0.303 e. The third kappa shape index (κ3) is 2.73. The van der Waals surface area contributed by atoms with Crippen LogP contribution in [0, 0.1) is 6.92 Å². The van der Waals surface area contributed by atoms with Gasteiger partial charge in [-0.1, -0.05) is 0 Å². The van der Waals surface area contributed by atoms with Gasteiger partial charge < -0.3 is 9.84 Å². The number of methoxy groups -OCH3 is 1. The Morgan fingerprint density at radius 3 is 2.93 bits per heavy atom. The number of aromatic nitrogens is 1. The van der Waals surface area contributed by atoms with Crippen molar-refractivity contribution in [1.29, 1.82) is 0 Å². The van der Waals surface area contributed by atoms with E-state index >= 15 is 0 Å². The molecule has 0 aliphatic heterocycles. The molecule has 1 aromatic heterocycles. The third-order valence-electron chi connectivity index (χ3n) is 1.86. The highest BCUT2D eigenvalue weighted by atomic mass is 16.5. The molecule has 0 saturated carbocycles. The van der Waals surface area contributed by atoms with Crippen LogP contribution in [0.3, 0.4) is 0 Å². The second kappa shape index (κ2) is 4.60. The summed E-state index contributed by atoms with van der Waals surface area (Å²) in [5.41, 5.74) is 1.85. The zero-order valence-electron chi connectivity index (χ0n) is 8.28. The molecule has 0 aromatic carbocycles. The van der Waals surface area contributed by atoms with Gasteiger partial charge in [-0.2, -0.15) is 0 Å². The highest BCUT2D eigenvalue weighted by molar-refractivity contribution is 5.67. The van der Waals surface area contributed by atoms with Crippen LogP contribution < -0.4 is 4.74 Å². The Balaban J connectivity index is 2.82. The Bertz CT molecular complexity index is 336. The third-order valence-corrected chi connectivity index (χ3v) is 1.86. The number of hydrogen-bond acceptors (Lipinski definition) is 3. The molecule has 1 heterocycles. The Morgan fingerprint density at radius 1 is 1.64 bits per heavy atom. The number of carboxylic acid groups (broad SMARTS) is 1. The van der Waals surface area contributed by atoms with Crippen LogP contribution in [0.5, 0.6) is 5.88 Å². The van der Waals surface area contributed by atoms with Crippen LogP contribution in [0.25, 0.3) is 0 Å². The van der Waals surface area contributed by atoms with Gasteiger partial charge in [0.1, 0.15) is 0 Å². The number of rotatable bonds is 4. The SMILES string of the molecule is COc1ncc(C)cc1CCC(=O)O. The molecule has 1 rings (SSSR count). The van der Waals surface area contributed by atoms with Gasteiger partial charge in [0.25, 0.3) is 0 Å². The van der Waals surface area contributed by atoms with Crippen LogP contribution in [0.4, 0.5) is 0 Å². The van der Waals surface area contributed by atoms with E-state index < -0.39 is 5.97 Å². The molecule has 0 fully saturated rings. The molecule has 0 radical (unpaired) electrons. The summed E-state index contributed by atoms with van der Waals surface area (Å²) in [6.07, 6.45) is 2.25. The van der Waals surface area contributed by atoms with Crippen molar-refractivity contribution in [2.24, 2.45) is 0 Å². The van der Waals surface area contributed by atoms with E-state index in [1.807, 2.05) is 13.0 Å². The second-order valence-electron chi connectivity index (χ2n) is 3.07. The number of pyridine rings is 1. The molecular formula is C10H13NO3. The van der Waals surface area contributed by atoms with Crippen molar-refractivity contribution in [2.75, 3.05) is 7.11 Å².